The highest BCUT2D eigenvalue weighted by atomic mass is 16.1. The molecule has 1 aromatic rings. The second-order valence-electron chi connectivity index (χ2n) is 9.62. The largest absolute Gasteiger partial charge is 0.281 e. The van der Waals surface area contributed by atoms with E-state index in [2.05, 4.69) is 25.7 Å². The molecule has 1 saturated heterocycles. The maximum Gasteiger partial charge on any atom is 0.268 e. The van der Waals surface area contributed by atoms with Gasteiger partial charge >= 0.3 is 0 Å². The Balaban J connectivity index is 1.58. The predicted octanol–water partition coefficient (Wildman–Crippen LogP) is 3.37. The summed E-state index contributed by atoms with van der Waals surface area (Å²) in [6.07, 6.45) is 9.52. The van der Waals surface area contributed by atoms with Crippen molar-refractivity contribution in [2.75, 3.05) is 6.54 Å². The van der Waals surface area contributed by atoms with E-state index < -0.39 is 0 Å². The van der Waals surface area contributed by atoms with Crippen molar-refractivity contribution in [3.8, 4) is 0 Å². The fourth-order valence-electron chi connectivity index (χ4n) is 5.79. The van der Waals surface area contributed by atoms with Gasteiger partial charge in [-0.3, -0.25) is 9.69 Å². The summed E-state index contributed by atoms with van der Waals surface area (Å²) in [5, 5.41) is 4.77. The van der Waals surface area contributed by atoms with Gasteiger partial charge in [0.2, 0.25) is 0 Å². The Morgan fingerprint density at radius 2 is 1.96 bits per heavy atom. The van der Waals surface area contributed by atoms with Crippen molar-refractivity contribution in [2.24, 2.45) is 10.8 Å². The fraction of sp³-hybridized carbons (Fsp3) is 0.800. The lowest BCUT2D eigenvalue weighted by Crippen LogP contribution is -2.38. The smallest absolute Gasteiger partial charge is 0.268 e. The quantitative estimate of drug-likeness (QED) is 0.781. The van der Waals surface area contributed by atoms with Gasteiger partial charge in [-0.1, -0.05) is 27.2 Å². The van der Waals surface area contributed by atoms with Crippen LogP contribution in [0.5, 0.6) is 0 Å². The Morgan fingerprint density at radius 1 is 1.17 bits per heavy atom. The molecule has 0 amide bonds. The molecule has 2 atom stereocenters. The van der Waals surface area contributed by atoms with Crippen LogP contribution in [0.2, 0.25) is 0 Å². The van der Waals surface area contributed by atoms with Gasteiger partial charge in [0, 0.05) is 18.7 Å². The monoisotopic (exact) mass is 329 g/mol. The third kappa shape index (κ3) is 3.05. The molecule has 1 aliphatic heterocycles. The van der Waals surface area contributed by atoms with Crippen LogP contribution < -0.4 is 5.56 Å². The van der Waals surface area contributed by atoms with Crippen LogP contribution in [0.3, 0.4) is 0 Å². The second-order valence-corrected chi connectivity index (χ2v) is 9.62. The molecule has 2 heterocycles. The van der Waals surface area contributed by atoms with E-state index in [0.29, 0.717) is 23.5 Å². The molecular weight excluding hydrogens is 298 g/mol. The normalized spacial score (nSPS) is 32.4. The summed E-state index contributed by atoms with van der Waals surface area (Å²) in [6.45, 7) is 8.99. The van der Waals surface area contributed by atoms with E-state index in [-0.39, 0.29) is 5.56 Å². The van der Waals surface area contributed by atoms with Crippen LogP contribution in [-0.4, -0.2) is 27.3 Å². The van der Waals surface area contributed by atoms with Gasteiger partial charge in [0.05, 0.1) is 12.4 Å². The third-order valence-electron chi connectivity index (χ3n) is 6.36. The van der Waals surface area contributed by atoms with Gasteiger partial charge in [-0.25, -0.2) is 4.68 Å². The van der Waals surface area contributed by atoms with E-state index >= 15 is 0 Å². The van der Waals surface area contributed by atoms with E-state index in [1.165, 1.54) is 49.8 Å². The van der Waals surface area contributed by atoms with Crippen molar-refractivity contribution < 1.29 is 0 Å². The highest BCUT2D eigenvalue weighted by molar-refractivity contribution is 5.19. The van der Waals surface area contributed by atoms with Gasteiger partial charge in [-0.05, 0) is 61.3 Å². The first kappa shape index (κ1) is 16.3. The number of rotatable bonds is 2. The molecule has 4 rings (SSSR count). The standard InChI is InChI=1S/C20H31N3O/c1-19(2)10-16-11-20(3,12-19)13-22(16)14-23-18(24)9-15-7-5-4-6-8-17(15)21-23/h9,16H,4-8,10-14H2,1-3H3/t16-,20-/m1/s1. The topological polar surface area (TPSA) is 38.1 Å². The Labute approximate surface area is 145 Å². The highest BCUT2D eigenvalue weighted by Gasteiger charge is 2.49. The zero-order valence-electron chi connectivity index (χ0n) is 15.5. The molecule has 1 aromatic heterocycles. The summed E-state index contributed by atoms with van der Waals surface area (Å²) in [4.78, 5) is 15.1. The van der Waals surface area contributed by atoms with Crippen LogP contribution in [0.25, 0.3) is 0 Å². The van der Waals surface area contributed by atoms with Crippen molar-refractivity contribution in [1.29, 1.82) is 0 Å². The Bertz CT molecular complexity index is 693. The molecule has 0 aromatic carbocycles. The van der Waals surface area contributed by atoms with Crippen molar-refractivity contribution >= 4 is 0 Å². The zero-order valence-corrected chi connectivity index (χ0v) is 15.5. The third-order valence-corrected chi connectivity index (χ3v) is 6.36. The van der Waals surface area contributed by atoms with E-state index in [9.17, 15) is 4.79 Å². The molecule has 4 nitrogen and oxygen atoms in total. The summed E-state index contributed by atoms with van der Waals surface area (Å²) < 4.78 is 1.74. The van der Waals surface area contributed by atoms with Crippen LogP contribution in [0, 0.1) is 10.8 Å². The molecule has 2 bridgehead atoms. The predicted molar refractivity (Wildman–Crippen MR) is 96.0 cm³/mol. The zero-order chi connectivity index (χ0) is 16.9. The molecule has 3 aliphatic rings. The first-order valence-corrected chi connectivity index (χ1v) is 9.68. The van der Waals surface area contributed by atoms with Gasteiger partial charge in [0.25, 0.3) is 5.56 Å². The van der Waals surface area contributed by atoms with Crippen molar-refractivity contribution in [3.05, 3.63) is 27.7 Å². The van der Waals surface area contributed by atoms with Crippen LogP contribution in [-0.2, 0) is 19.5 Å². The minimum atomic E-state index is 0.0847. The van der Waals surface area contributed by atoms with Crippen molar-refractivity contribution in [3.63, 3.8) is 0 Å². The summed E-state index contributed by atoms with van der Waals surface area (Å²) in [5.74, 6) is 0. The Hall–Kier alpha value is -1.16. The lowest BCUT2D eigenvalue weighted by molar-refractivity contribution is 0.119. The fourth-order valence-corrected chi connectivity index (χ4v) is 5.79. The summed E-state index contributed by atoms with van der Waals surface area (Å²) in [6, 6.07) is 2.47. The van der Waals surface area contributed by atoms with Crippen LogP contribution in [0.1, 0.15) is 70.6 Å². The SMILES string of the molecule is CC1(C)C[C@@H]2C[C@@](C)(CN2Cn2nc3c(cc2=O)CCCCC3)C1. The Kier molecular flexibility index (Phi) is 3.87. The lowest BCUT2D eigenvalue weighted by Gasteiger charge is -2.39. The molecule has 0 radical (unpaired) electrons. The van der Waals surface area contributed by atoms with Crippen LogP contribution in [0.15, 0.2) is 10.9 Å². The number of aryl methyl sites for hydroxylation is 2. The van der Waals surface area contributed by atoms with Crippen LogP contribution in [0.4, 0.5) is 0 Å². The van der Waals surface area contributed by atoms with E-state index in [1.807, 2.05) is 6.07 Å². The van der Waals surface area contributed by atoms with Crippen molar-refractivity contribution in [1.82, 2.24) is 14.7 Å². The number of hydrogen-bond donors (Lipinski definition) is 0. The molecule has 24 heavy (non-hydrogen) atoms. The highest BCUT2D eigenvalue weighted by Crippen LogP contribution is 2.52. The molecule has 4 heteroatoms. The molecule has 1 saturated carbocycles. The maximum atomic E-state index is 12.6. The van der Waals surface area contributed by atoms with Crippen LogP contribution >= 0.6 is 0 Å². The van der Waals surface area contributed by atoms with Gasteiger partial charge in [0.1, 0.15) is 0 Å². The minimum Gasteiger partial charge on any atom is -0.281 e. The first-order chi connectivity index (χ1) is 11.3. The van der Waals surface area contributed by atoms with Gasteiger partial charge in [0.15, 0.2) is 0 Å². The van der Waals surface area contributed by atoms with Crippen molar-refractivity contribution in [2.45, 2.75) is 84.8 Å². The molecule has 0 N–H and O–H groups in total. The molecule has 0 spiro atoms. The first-order valence-electron chi connectivity index (χ1n) is 9.68. The average molecular weight is 329 g/mol. The number of likely N-dealkylation sites (tertiary alicyclic amines) is 1. The molecular formula is C20H31N3O. The minimum absolute atomic E-state index is 0.0847. The molecule has 2 aliphatic carbocycles. The van der Waals surface area contributed by atoms with E-state index in [0.717, 1.165) is 19.4 Å². The van der Waals surface area contributed by atoms with Gasteiger partial charge < -0.3 is 0 Å². The summed E-state index contributed by atoms with van der Waals surface area (Å²) >= 11 is 0. The van der Waals surface area contributed by atoms with Gasteiger partial charge in [-0.15, -0.1) is 0 Å². The number of hydrogen-bond acceptors (Lipinski definition) is 3. The summed E-state index contributed by atoms with van der Waals surface area (Å²) in [5.41, 5.74) is 3.27. The molecule has 2 fully saturated rings. The average Bonchev–Trinajstić information content (AvgIpc) is 2.62. The van der Waals surface area contributed by atoms with E-state index in [4.69, 9.17) is 5.10 Å². The number of aromatic nitrogens is 2. The van der Waals surface area contributed by atoms with E-state index in [1.54, 1.807) is 4.68 Å². The molecule has 132 valence electrons. The maximum absolute atomic E-state index is 12.6. The summed E-state index contributed by atoms with van der Waals surface area (Å²) in [7, 11) is 0. The number of fused-ring (bicyclic) bond motifs is 3. The van der Waals surface area contributed by atoms with Gasteiger partial charge in [-0.2, -0.15) is 5.10 Å². The number of nitrogens with zero attached hydrogens (tertiary/aromatic N) is 3. The second kappa shape index (κ2) is 5.69. The lowest BCUT2D eigenvalue weighted by atomic mass is 9.65. The Morgan fingerprint density at radius 3 is 2.79 bits per heavy atom. The molecule has 0 unspecified atom stereocenters.